The summed E-state index contributed by atoms with van der Waals surface area (Å²) in [6.45, 7) is 3.93. The first-order valence-electron chi connectivity index (χ1n) is 10.2. The van der Waals surface area contributed by atoms with Crippen LogP contribution in [0.4, 0.5) is 5.69 Å². The van der Waals surface area contributed by atoms with E-state index in [9.17, 15) is 14.9 Å². The first kappa shape index (κ1) is 21.0. The van der Waals surface area contributed by atoms with E-state index >= 15 is 0 Å². The molecule has 31 heavy (non-hydrogen) atoms. The van der Waals surface area contributed by atoms with Crippen LogP contribution >= 0.6 is 11.8 Å². The summed E-state index contributed by atoms with van der Waals surface area (Å²) >= 11 is 1.27. The van der Waals surface area contributed by atoms with Crippen LogP contribution in [0.15, 0.2) is 62.9 Å². The lowest BCUT2D eigenvalue weighted by atomic mass is 9.79. The third-order valence-corrected chi connectivity index (χ3v) is 6.52. The van der Waals surface area contributed by atoms with Crippen LogP contribution in [0.25, 0.3) is 0 Å². The molecule has 158 valence electrons. The largest absolute Gasteiger partial charge is 0.468 e. The van der Waals surface area contributed by atoms with Gasteiger partial charge in [-0.15, -0.1) is 0 Å². The van der Waals surface area contributed by atoms with Gasteiger partial charge in [-0.1, -0.05) is 23.9 Å². The van der Waals surface area contributed by atoms with Gasteiger partial charge in [0.25, 0.3) is 0 Å². The second-order valence-electron chi connectivity index (χ2n) is 7.75. The van der Waals surface area contributed by atoms with E-state index in [4.69, 9.17) is 4.42 Å². The van der Waals surface area contributed by atoms with Crippen molar-refractivity contribution < 1.29 is 14.0 Å². The number of rotatable bonds is 5. The number of nitrogens with zero attached hydrogens (tertiary/aromatic N) is 1. The van der Waals surface area contributed by atoms with Gasteiger partial charge in [-0.05, 0) is 56.0 Å². The van der Waals surface area contributed by atoms with Crippen molar-refractivity contribution in [1.29, 1.82) is 5.26 Å². The maximum absolute atomic E-state index is 12.7. The van der Waals surface area contributed by atoms with Crippen LogP contribution < -0.4 is 10.6 Å². The Morgan fingerprint density at radius 2 is 2.16 bits per heavy atom. The second-order valence-corrected chi connectivity index (χ2v) is 8.74. The highest BCUT2D eigenvalue weighted by Gasteiger charge is 2.38. The van der Waals surface area contributed by atoms with Gasteiger partial charge in [0, 0.05) is 23.4 Å². The molecule has 6 nitrogen and oxygen atoms in total. The van der Waals surface area contributed by atoms with E-state index < -0.39 is 5.92 Å². The van der Waals surface area contributed by atoms with Crippen molar-refractivity contribution >= 4 is 29.1 Å². The van der Waals surface area contributed by atoms with Gasteiger partial charge in [0.2, 0.25) is 5.91 Å². The first-order chi connectivity index (χ1) is 15.0. The van der Waals surface area contributed by atoms with Crippen LogP contribution in [0.3, 0.4) is 0 Å². The van der Waals surface area contributed by atoms with Crippen molar-refractivity contribution in [2.45, 2.75) is 39.0 Å². The van der Waals surface area contributed by atoms with E-state index in [-0.39, 0.29) is 17.4 Å². The van der Waals surface area contributed by atoms with Gasteiger partial charge in [-0.2, -0.15) is 5.26 Å². The molecule has 1 atom stereocenters. The van der Waals surface area contributed by atoms with Gasteiger partial charge in [0.15, 0.2) is 5.78 Å². The number of carbonyl (C=O) groups is 2. The number of anilines is 1. The Morgan fingerprint density at radius 3 is 2.90 bits per heavy atom. The Kier molecular flexibility index (Phi) is 6.01. The standard InChI is InChI=1S/C24H23N3O3S/c1-14-8-9-15(2)18(11-14)26-21(29)13-31-24-16(12-25)22(20-7-4-10-30-20)23-17(27-24)5-3-6-19(23)28/h4,7-11,22,27H,3,5-6,13H2,1-2H3,(H,26,29)/t22-/m0/s1. The number of hydrogen-bond donors (Lipinski definition) is 2. The van der Waals surface area contributed by atoms with Crippen LogP contribution in [0, 0.1) is 25.2 Å². The molecule has 1 aliphatic heterocycles. The molecule has 2 aromatic rings. The number of thioether (sulfide) groups is 1. The third kappa shape index (κ3) is 4.30. The molecule has 1 amide bonds. The zero-order valence-electron chi connectivity index (χ0n) is 17.5. The highest BCUT2D eigenvalue weighted by molar-refractivity contribution is 8.03. The van der Waals surface area contributed by atoms with E-state index in [0.717, 1.165) is 35.4 Å². The molecule has 0 unspecified atom stereocenters. The van der Waals surface area contributed by atoms with Gasteiger partial charge in [0.05, 0.1) is 34.6 Å². The number of nitriles is 1. The van der Waals surface area contributed by atoms with E-state index in [1.54, 1.807) is 18.4 Å². The van der Waals surface area contributed by atoms with E-state index in [0.29, 0.717) is 28.4 Å². The summed E-state index contributed by atoms with van der Waals surface area (Å²) in [5.74, 6) is 0.0637. The first-order valence-corrected chi connectivity index (χ1v) is 11.2. The smallest absolute Gasteiger partial charge is 0.234 e. The molecule has 1 aromatic carbocycles. The molecule has 0 fully saturated rings. The zero-order chi connectivity index (χ0) is 22.0. The summed E-state index contributed by atoms with van der Waals surface area (Å²) in [5, 5.41) is 16.8. The number of carbonyl (C=O) groups excluding carboxylic acids is 2. The summed E-state index contributed by atoms with van der Waals surface area (Å²) < 4.78 is 5.59. The SMILES string of the molecule is Cc1ccc(C)c(NC(=O)CSC2=C(C#N)[C@@H](c3ccco3)C3=C(CCCC3=O)N2)c1. The summed E-state index contributed by atoms with van der Waals surface area (Å²) in [6, 6.07) is 11.7. The third-order valence-electron chi connectivity index (χ3n) is 5.51. The Morgan fingerprint density at radius 1 is 1.32 bits per heavy atom. The Balaban J connectivity index is 1.58. The van der Waals surface area contributed by atoms with Crippen LogP contribution in [0.5, 0.6) is 0 Å². The molecule has 1 aromatic heterocycles. The highest BCUT2D eigenvalue weighted by Crippen LogP contribution is 2.44. The fourth-order valence-electron chi connectivity index (χ4n) is 3.97. The topological polar surface area (TPSA) is 95.1 Å². The van der Waals surface area contributed by atoms with Crippen molar-refractivity contribution in [3.05, 3.63) is 75.4 Å². The van der Waals surface area contributed by atoms with Gasteiger partial charge < -0.3 is 15.1 Å². The summed E-state index contributed by atoms with van der Waals surface area (Å²) in [4.78, 5) is 25.3. The lowest BCUT2D eigenvalue weighted by Gasteiger charge is -2.32. The maximum Gasteiger partial charge on any atom is 0.234 e. The van der Waals surface area contributed by atoms with Crippen molar-refractivity contribution in [2.24, 2.45) is 0 Å². The lowest BCUT2D eigenvalue weighted by molar-refractivity contribution is -0.116. The number of nitrogens with one attached hydrogen (secondary N) is 2. The van der Waals surface area contributed by atoms with E-state index in [1.807, 2.05) is 32.0 Å². The molecular weight excluding hydrogens is 410 g/mol. The number of benzene rings is 1. The second kappa shape index (κ2) is 8.86. The Labute approximate surface area is 185 Å². The molecule has 0 spiro atoms. The summed E-state index contributed by atoms with van der Waals surface area (Å²) in [6.07, 6.45) is 3.51. The highest BCUT2D eigenvalue weighted by atomic mass is 32.2. The minimum Gasteiger partial charge on any atom is -0.468 e. The molecule has 7 heteroatoms. The van der Waals surface area contributed by atoms with Crippen LogP contribution in [-0.2, 0) is 9.59 Å². The van der Waals surface area contributed by atoms with Crippen molar-refractivity contribution in [1.82, 2.24) is 5.32 Å². The predicted molar refractivity (Wildman–Crippen MR) is 120 cm³/mol. The van der Waals surface area contributed by atoms with Crippen LogP contribution in [-0.4, -0.2) is 17.4 Å². The molecule has 2 aliphatic rings. The molecule has 1 aliphatic carbocycles. The van der Waals surface area contributed by atoms with Crippen molar-refractivity contribution in [3.8, 4) is 6.07 Å². The Bertz CT molecular complexity index is 1140. The van der Waals surface area contributed by atoms with Gasteiger partial charge in [0.1, 0.15) is 5.76 Å². The van der Waals surface area contributed by atoms with Crippen LogP contribution in [0.1, 0.15) is 42.1 Å². The van der Waals surface area contributed by atoms with Crippen molar-refractivity contribution in [2.75, 3.05) is 11.1 Å². The lowest BCUT2D eigenvalue weighted by Crippen LogP contribution is -2.31. The zero-order valence-corrected chi connectivity index (χ0v) is 18.3. The number of furan rings is 1. The average molecular weight is 434 g/mol. The number of hydrogen-bond acceptors (Lipinski definition) is 6. The van der Waals surface area contributed by atoms with Gasteiger partial charge >= 0.3 is 0 Å². The molecule has 0 saturated carbocycles. The molecule has 4 rings (SSSR count). The summed E-state index contributed by atoms with van der Waals surface area (Å²) in [7, 11) is 0. The number of allylic oxidation sites excluding steroid dienone is 3. The Hall–Kier alpha value is -3.24. The fraction of sp³-hybridized carbons (Fsp3) is 0.292. The minimum atomic E-state index is -0.534. The maximum atomic E-state index is 12.7. The molecule has 0 bridgehead atoms. The number of ketones is 1. The monoisotopic (exact) mass is 433 g/mol. The number of aryl methyl sites for hydroxylation is 2. The van der Waals surface area contributed by atoms with E-state index in [1.165, 1.54) is 11.8 Å². The van der Waals surface area contributed by atoms with Crippen LogP contribution in [0.2, 0.25) is 0 Å². The molecule has 0 saturated heterocycles. The predicted octanol–water partition coefficient (Wildman–Crippen LogP) is 4.70. The normalized spacial score (nSPS) is 18.4. The summed E-state index contributed by atoms with van der Waals surface area (Å²) in [5.41, 5.74) is 4.70. The number of amides is 1. The molecular formula is C24H23N3O3S. The number of dihydropyridines is 1. The molecule has 0 radical (unpaired) electrons. The average Bonchev–Trinajstić information content (AvgIpc) is 3.28. The van der Waals surface area contributed by atoms with Gasteiger partial charge in [-0.25, -0.2) is 0 Å². The van der Waals surface area contributed by atoms with Gasteiger partial charge in [-0.3, -0.25) is 9.59 Å². The number of Topliss-reactive ketones (excluding diaryl/α,β-unsaturated/α-hetero) is 1. The minimum absolute atomic E-state index is 0.0413. The fourth-order valence-corrected chi connectivity index (χ4v) is 4.83. The molecule has 2 heterocycles. The quantitative estimate of drug-likeness (QED) is 0.710. The van der Waals surface area contributed by atoms with E-state index in [2.05, 4.69) is 16.7 Å². The van der Waals surface area contributed by atoms with Crippen molar-refractivity contribution in [3.63, 3.8) is 0 Å². The molecule has 2 N–H and O–H groups in total.